The molecule has 28 heavy (non-hydrogen) atoms. The summed E-state index contributed by atoms with van der Waals surface area (Å²) >= 11 is 1.66. The Morgan fingerprint density at radius 1 is 1.04 bits per heavy atom. The summed E-state index contributed by atoms with van der Waals surface area (Å²) < 4.78 is 8.49. The van der Waals surface area contributed by atoms with Gasteiger partial charge >= 0.3 is 0 Å². The second-order valence-electron chi connectivity index (χ2n) is 6.63. The molecule has 0 aliphatic heterocycles. The largest absolute Gasteiger partial charge is 0.497 e. The van der Waals surface area contributed by atoms with E-state index >= 15 is 0 Å². The Morgan fingerprint density at radius 3 is 2.68 bits per heavy atom. The SMILES string of the molecule is COc1cccc(CCNC(=O)c2cc3sccc3n2Cc2ccccc2)c1. The molecule has 2 heterocycles. The van der Waals surface area contributed by atoms with E-state index in [9.17, 15) is 4.79 Å². The number of benzene rings is 2. The van der Waals surface area contributed by atoms with Gasteiger partial charge < -0.3 is 14.6 Å². The lowest BCUT2D eigenvalue weighted by Gasteiger charge is -2.11. The molecule has 0 saturated carbocycles. The molecular formula is C23H22N2O2S. The van der Waals surface area contributed by atoms with Crippen molar-refractivity contribution in [3.63, 3.8) is 0 Å². The number of hydrogen-bond acceptors (Lipinski definition) is 3. The smallest absolute Gasteiger partial charge is 0.267 e. The fraction of sp³-hybridized carbons (Fsp3) is 0.174. The van der Waals surface area contributed by atoms with Gasteiger partial charge in [0.15, 0.2) is 0 Å². The van der Waals surface area contributed by atoms with E-state index in [-0.39, 0.29) is 5.91 Å². The number of carbonyl (C=O) groups is 1. The lowest BCUT2D eigenvalue weighted by molar-refractivity contribution is 0.0946. The van der Waals surface area contributed by atoms with Crippen molar-refractivity contribution in [3.05, 3.63) is 88.9 Å². The zero-order chi connectivity index (χ0) is 19.3. The normalized spacial score (nSPS) is 10.9. The molecule has 0 spiro atoms. The molecule has 0 bridgehead atoms. The highest BCUT2D eigenvalue weighted by molar-refractivity contribution is 7.17. The molecule has 2 aromatic heterocycles. The summed E-state index contributed by atoms with van der Waals surface area (Å²) in [4.78, 5) is 12.9. The molecule has 0 aliphatic carbocycles. The second-order valence-corrected chi connectivity index (χ2v) is 7.58. The molecule has 0 unspecified atom stereocenters. The van der Waals surface area contributed by atoms with Gasteiger partial charge in [-0.2, -0.15) is 0 Å². The van der Waals surface area contributed by atoms with Crippen molar-refractivity contribution in [1.82, 2.24) is 9.88 Å². The molecule has 0 atom stereocenters. The minimum atomic E-state index is -0.0396. The maximum atomic E-state index is 12.9. The van der Waals surface area contributed by atoms with Gasteiger partial charge in [0.25, 0.3) is 5.91 Å². The van der Waals surface area contributed by atoms with E-state index in [1.54, 1.807) is 18.4 Å². The van der Waals surface area contributed by atoms with Crippen LogP contribution in [0.25, 0.3) is 10.2 Å². The van der Waals surface area contributed by atoms with Gasteiger partial charge in [-0.25, -0.2) is 0 Å². The predicted molar refractivity (Wildman–Crippen MR) is 114 cm³/mol. The first-order valence-corrected chi connectivity index (χ1v) is 10.1. The maximum absolute atomic E-state index is 12.9. The fourth-order valence-corrected chi connectivity index (χ4v) is 4.16. The van der Waals surface area contributed by atoms with Crippen molar-refractivity contribution >= 4 is 27.5 Å². The van der Waals surface area contributed by atoms with Gasteiger partial charge in [-0.05, 0) is 47.2 Å². The number of ether oxygens (including phenoxy) is 1. The van der Waals surface area contributed by atoms with Crippen molar-refractivity contribution < 1.29 is 9.53 Å². The zero-order valence-corrected chi connectivity index (χ0v) is 16.5. The number of rotatable bonds is 7. The summed E-state index contributed by atoms with van der Waals surface area (Å²) in [6.45, 7) is 1.26. The molecule has 0 fully saturated rings. The summed E-state index contributed by atoms with van der Waals surface area (Å²) in [5, 5.41) is 5.13. The van der Waals surface area contributed by atoms with E-state index in [1.165, 1.54) is 5.56 Å². The number of nitrogens with one attached hydrogen (secondary N) is 1. The van der Waals surface area contributed by atoms with Gasteiger partial charge in [-0.1, -0.05) is 42.5 Å². The van der Waals surface area contributed by atoms with Gasteiger partial charge in [0.05, 0.1) is 17.3 Å². The van der Waals surface area contributed by atoms with Crippen LogP contribution in [0.15, 0.2) is 72.1 Å². The monoisotopic (exact) mass is 390 g/mol. The highest BCUT2D eigenvalue weighted by atomic mass is 32.1. The van der Waals surface area contributed by atoms with E-state index in [2.05, 4.69) is 33.5 Å². The molecule has 1 N–H and O–H groups in total. The lowest BCUT2D eigenvalue weighted by atomic mass is 10.1. The quantitative estimate of drug-likeness (QED) is 0.496. The Labute approximate surface area is 168 Å². The lowest BCUT2D eigenvalue weighted by Crippen LogP contribution is -2.28. The number of thiophene rings is 1. The summed E-state index contributed by atoms with van der Waals surface area (Å²) in [6, 6.07) is 22.2. The molecule has 4 aromatic rings. The van der Waals surface area contributed by atoms with Gasteiger partial charge in [0.2, 0.25) is 0 Å². The molecule has 4 nitrogen and oxygen atoms in total. The Bertz CT molecular complexity index is 1080. The average Bonchev–Trinajstić information content (AvgIpc) is 3.31. The standard InChI is InChI=1S/C23H22N2O2S/c1-27-19-9-5-8-17(14-19)10-12-24-23(26)21-15-22-20(11-13-28-22)25(21)16-18-6-3-2-4-7-18/h2-9,11,13-15H,10,12,16H2,1H3,(H,24,26). The molecule has 4 rings (SSSR count). The summed E-state index contributed by atoms with van der Waals surface area (Å²) in [7, 11) is 1.66. The number of hydrogen-bond donors (Lipinski definition) is 1. The van der Waals surface area contributed by atoms with Crippen LogP contribution >= 0.6 is 11.3 Å². The number of aromatic nitrogens is 1. The minimum Gasteiger partial charge on any atom is -0.497 e. The maximum Gasteiger partial charge on any atom is 0.267 e. The molecule has 0 aliphatic rings. The average molecular weight is 391 g/mol. The first-order chi connectivity index (χ1) is 13.7. The van der Waals surface area contributed by atoms with Gasteiger partial charge in [0.1, 0.15) is 11.4 Å². The first-order valence-electron chi connectivity index (χ1n) is 9.26. The number of nitrogens with zero attached hydrogens (tertiary/aromatic N) is 1. The number of fused-ring (bicyclic) bond motifs is 1. The third-order valence-corrected chi connectivity index (χ3v) is 5.63. The molecule has 142 valence electrons. The van der Waals surface area contributed by atoms with Crippen LogP contribution in [0.1, 0.15) is 21.6 Å². The van der Waals surface area contributed by atoms with Crippen molar-refractivity contribution in [3.8, 4) is 5.75 Å². The van der Waals surface area contributed by atoms with Crippen LogP contribution in [0.2, 0.25) is 0 Å². The second kappa shape index (κ2) is 8.31. The van der Waals surface area contributed by atoms with E-state index in [1.807, 2.05) is 48.5 Å². The molecule has 0 radical (unpaired) electrons. The molecule has 5 heteroatoms. The van der Waals surface area contributed by atoms with Crippen LogP contribution in [0.4, 0.5) is 0 Å². The minimum absolute atomic E-state index is 0.0396. The van der Waals surface area contributed by atoms with E-state index < -0.39 is 0 Å². The molecule has 2 aromatic carbocycles. The first kappa shape index (κ1) is 18.3. The third kappa shape index (κ3) is 3.94. The van der Waals surface area contributed by atoms with Crippen molar-refractivity contribution in [1.29, 1.82) is 0 Å². The third-order valence-electron chi connectivity index (χ3n) is 4.77. The topological polar surface area (TPSA) is 43.3 Å². The molecular weight excluding hydrogens is 368 g/mol. The van der Waals surface area contributed by atoms with Crippen LogP contribution in [0.3, 0.4) is 0 Å². The van der Waals surface area contributed by atoms with Crippen molar-refractivity contribution in [2.45, 2.75) is 13.0 Å². The highest BCUT2D eigenvalue weighted by Gasteiger charge is 2.16. The highest BCUT2D eigenvalue weighted by Crippen LogP contribution is 2.26. The van der Waals surface area contributed by atoms with Crippen LogP contribution in [-0.2, 0) is 13.0 Å². The van der Waals surface area contributed by atoms with E-state index in [0.717, 1.165) is 28.0 Å². The molecule has 0 saturated heterocycles. The number of amides is 1. The summed E-state index contributed by atoms with van der Waals surface area (Å²) in [5.41, 5.74) is 4.13. The van der Waals surface area contributed by atoms with Crippen molar-refractivity contribution in [2.24, 2.45) is 0 Å². The number of carbonyl (C=O) groups excluding carboxylic acids is 1. The Kier molecular flexibility index (Phi) is 5.44. The van der Waals surface area contributed by atoms with E-state index in [0.29, 0.717) is 18.8 Å². The summed E-state index contributed by atoms with van der Waals surface area (Å²) in [6.07, 6.45) is 0.761. The van der Waals surface area contributed by atoms with Crippen LogP contribution < -0.4 is 10.1 Å². The van der Waals surface area contributed by atoms with Gasteiger partial charge in [-0.3, -0.25) is 4.79 Å². The van der Waals surface area contributed by atoms with Crippen LogP contribution in [0.5, 0.6) is 5.75 Å². The molecule has 1 amide bonds. The van der Waals surface area contributed by atoms with Crippen LogP contribution in [-0.4, -0.2) is 24.1 Å². The van der Waals surface area contributed by atoms with Gasteiger partial charge in [-0.15, -0.1) is 11.3 Å². The number of methoxy groups -OCH3 is 1. The van der Waals surface area contributed by atoms with Crippen LogP contribution in [0, 0.1) is 0 Å². The predicted octanol–water partition coefficient (Wildman–Crippen LogP) is 4.73. The van der Waals surface area contributed by atoms with Crippen molar-refractivity contribution in [2.75, 3.05) is 13.7 Å². The Balaban J connectivity index is 1.49. The van der Waals surface area contributed by atoms with Gasteiger partial charge in [0, 0.05) is 13.1 Å². The fourth-order valence-electron chi connectivity index (χ4n) is 3.34. The summed E-state index contributed by atoms with van der Waals surface area (Å²) in [5.74, 6) is 0.794. The zero-order valence-electron chi connectivity index (χ0n) is 15.7. The van der Waals surface area contributed by atoms with E-state index in [4.69, 9.17) is 4.74 Å². The Morgan fingerprint density at radius 2 is 1.86 bits per heavy atom. The Hall–Kier alpha value is -3.05.